The first-order valence-electron chi connectivity index (χ1n) is 19.8. The van der Waals surface area contributed by atoms with Crippen LogP contribution in [0.15, 0.2) is 36.7 Å². The van der Waals surface area contributed by atoms with Crippen molar-refractivity contribution >= 4 is 34.4 Å². The molecule has 0 spiro atoms. The monoisotopic (exact) mass is 753 g/mol. The zero-order chi connectivity index (χ0) is 40.3. The standard InChI is InChI=1S/C42H68N6O6/c1-13-28(6)38(47(10)42(52)36(26(2)3)45-41(51)37(27(4)5)46(8)9)34(53-11)24-35(49)48-23-15-18-33(48)39(54-12)29(7)40(50)44-22-19-30-16-14-17-31-25-43-21-20-32(30)31/h14,16-17,20-21,25-29,33-34,36-39H,13,15,18-19,22-24H2,1-12H3,(H,44,50)(H,45,51)/t28-,29+,33-,34+,36-,37?,38?,39+/m0/s1. The van der Waals surface area contributed by atoms with Crippen molar-refractivity contribution in [3.05, 3.63) is 42.2 Å². The molecule has 1 aliphatic rings. The van der Waals surface area contributed by atoms with Gasteiger partial charge in [-0.25, -0.2) is 0 Å². The SMILES string of the molecule is CC[C@H](C)C([C@@H](CC(=O)N1CCC[C@H]1[C@H](OC)[C@@H](C)C(=O)NCCc1cccc2cnccc12)OC)N(C)C(=O)[C@@H](NC(=O)C(C(C)C)N(C)C)C(C)C. The third-order valence-corrected chi connectivity index (χ3v) is 11.4. The summed E-state index contributed by atoms with van der Waals surface area (Å²) in [6.45, 7) is 14.8. The van der Waals surface area contributed by atoms with E-state index >= 15 is 0 Å². The molecule has 3 rings (SSSR count). The number of ether oxygens (including phenoxy) is 2. The van der Waals surface area contributed by atoms with Crippen molar-refractivity contribution in [1.82, 2.24) is 30.3 Å². The smallest absolute Gasteiger partial charge is 0.245 e. The number of hydrogen-bond acceptors (Lipinski definition) is 8. The minimum atomic E-state index is -0.745. The van der Waals surface area contributed by atoms with Gasteiger partial charge >= 0.3 is 0 Å². The largest absolute Gasteiger partial charge is 0.379 e. The number of aromatic nitrogens is 1. The van der Waals surface area contributed by atoms with Crippen LogP contribution >= 0.6 is 0 Å². The van der Waals surface area contributed by atoms with Crippen molar-refractivity contribution < 1.29 is 28.7 Å². The predicted molar refractivity (Wildman–Crippen MR) is 214 cm³/mol. The number of nitrogens with one attached hydrogen (secondary N) is 2. The lowest BCUT2D eigenvalue weighted by atomic mass is 9.89. The Morgan fingerprint density at radius 3 is 2.26 bits per heavy atom. The van der Waals surface area contributed by atoms with E-state index in [0.717, 1.165) is 35.6 Å². The minimum Gasteiger partial charge on any atom is -0.379 e. The van der Waals surface area contributed by atoms with Crippen molar-refractivity contribution in [2.75, 3.05) is 48.5 Å². The third-order valence-electron chi connectivity index (χ3n) is 11.4. The van der Waals surface area contributed by atoms with Crippen LogP contribution < -0.4 is 10.6 Å². The maximum Gasteiger partial charge on any atom is 0.245 e. The fraction of sp³-hybridized carbons (Fsp3) is 0.690. The molecule has 0 bridgehead atoms. The van der Waals surface area contributed by atoms with Crippen LogP contribution in [0.1, 0.15) is 79.7 Å². The molecule has 8 atom stereocenters. The number of rotatable bonds is 20. The van der Waals surface area contributed by atoms with E-state index in [1.165, 1.54) is 0 Å². The molecule has 12 nitrogen and oxygen atoms in total. The summed E-state index contributed by atoms with van der Waals surface area (Å²) in [6.07, 6.45) is 5.54. The van der Waals surface area contributed by atoms with Crippen molar-refractivity contribution in [1.29, 1.82) is 0 Å². The quantitative estimate of drug-likeness (QED) is 0.202. The first-order valence-corrected chi connectivity index (χ1v) is 19.8. The van der Waals surface area contributed by atoms with Gasteiger partial charge in [0.2, 0.25) is 23.6 Å². The summed E-state index contributed by atoms with van der Waals surface area (Å²) in [7, 11) is 8.66. The van der Waals surface area contributed by atoms with E-state index in [-0.39, 0.29) is 59.9 Å². The molecule has 0 saturated carbocycles. The van der Waals surface area contributed by atoms with Crippen molar-refractivity contribution in [2.24, 2.45) is 23.7 Å². The summed E-state index contributed by atoms with van der Waals surface area (Å²) in [5.74, 6) is -1.22. The van der Waals surface area contributed by atoms with Crippen LogP contribution in [0.4, 0.5) is 0 Å². The van der Waals surface area contributed by atoms with Crippen LogP contribution in [0, 0.1) is 23.7 Å². The summed E-state index contributed by atoms with van der Waals surface area (Å²) in [5, 5.41) is 8.33. The first kappa shape index (κ1) is 44.8. The van der Waals surface area contributed by atoms with Crippen molar-refractivity contribution in [3.8, 4) is 0 Å². The number of carbonyl (C=O) groups excluding carboxylic acids is 4. The van der Waals surface area contributed by atoms with Gasteiger partial charge < -0.3 is 29.9 Å². The Hall–Kier alpha value is -3.61. The Balaban J connectivity index is 1.73. The summed E-state index contributed by atoms with van der Waals surface area (Å²) in [4.78, 5) is 64.9. The van der Waals surface area contributed by atoms with E-state index < -0.39 is 30.2 Å². The van der Waals surface area contributed by atoms with Crippen molar-refractivity contribution in [3.63, 3.8) is 0 Å². The zero-order valence-corrected chi connectivity index (χ0v) is 34.9. The Kier molecular flexibility index (Phi) is 17.3. The molecule has 0 aliphatic carbocycles. The van der Waals surface area contributed by atoms with E-state index in [1.807, 2.05) is 82.9 Å². The molecule has 4 amide bonds. The lowest BCUT2D eigenvalue weighted by molar-refractivity contribution is -0.148. The molecule has 1 aromatic heterocycles. The van der Waals surface area contributed by atoms with E-state index in [2.05, 4.69) is 35.5 Å². The van der Waals surface area contributed by atoms with E-state index in [1.54, 1.807) is 32.4 Å². The van der Waals surface area contributed by atoms with Crippen LogP contribution in [-0.4, -0.2) is 128 Å². The number of likely N-dealkylation sites (tertiary alicyclic amines) is 1. The van der Waals surface area contributed by atoms with Crippen LogP contribution in [-0.2, 0) is 35.1 Å². The average Bonchev–Trinajstić information content (AvgIpc) is 3.62. The molecule has 2 aromatic rings. The Morgan fingerprint density at radius 1 is 0.963 bits per heavy atom. The maximum atomic E-state index is 14.2. The number of benzene rings is 1. The van der Waals surface area contributed by atoms with Crippen LogP contribution in [0.25, 0.3) is 10.8 Å². The third kappa shape index (κ3) is 11.0. The molecule has 1 saturated heterocycles. The number of likely N-dealkylation sites (N-methyl/N-ethyl adjacent to an activating group) is 2. The molecule has 2 unspecified atom stereocenters. The van der Waals surface area contributed by atoms with Crippen LogP contribution in [0.5, 0.6) is 0 Å². The predicted octanol–water partition coefficient (Wildman–Crippen LogP) is 4.54. The lowest BCUT2D eigenvalue weighted by Gasteiger charge is -2.41. The highest BCUT2D eigenvalue weighted by Crippen LogP contribution is 2.30. The lowest BCUT2D eigenvalue weighted by Crippen LogP contribution is -2.59. The van der Waals surface area contributed by atoms with E-state index in [9.17, 15) is 19.2 Å². The van der Waals surface area contributed by atoms with Gasteiger partial charge in [-0.1, -0.05) is 73.1 Å². The summed E-state index contributed by atoms with van der Waals surface area (Å²) in [6, 6.07) is 6.26. The Labute approximate surface area is 324 Å². The van der Waals surface area contributed by atoms with E-state index in [0.29, 0.717) is 19.5 Å². The summed E-state index contributed by atoms with van der Waals surface area (Å²) < 4.78 is 12.0. The number of methoxy groups -OCH3 is 2. The highest BCUT2D eigenvalue weighted by Gasteiger charge is 2.43. The van der Waals surface area contributed by atoms with Crippen LogP contribution in [0.3, 0.4) is 0 Å². The van der Waals surface area contributed by atoms with E-state index in [4.69, 9.17) is 9.47 Å². The van der Waals surface area contributed by atoms with Gasteiger partial charge in [-0.3, -0.25) is 29.1 Å². The topological polar surface area (TPSA) is 133 Å². The molecule has 1 fully saturated rings. The second kappa shape index (κ2) is 20.9. The normalized spacial score (nSPS) is 18.6. The fourth-order valence-electron chi connectivity index (χ4n) is 8.30. The van der Waals surface area contributed by atoms with Gasteiger partial charge in [-0.2, -0.15) is 0 Å². The maximum absolute atomic E-state index is 14.2. The molecule has 0 radical (unpaired) electrons. The van der Waals surface area contributed by atoms with Gasteiger partial charge in [-0.05, 0) is 68.1 Å². The average molecular weight is 753 g/mol. The van der Waals surface area contributed by atoms with Gasteiger partial charge in [0.1, 0.15) is 6.04 Å². The highest BCUT2D eigenvalue weighted by atomic mass is 16.5. The molecule has 302 valence electrons. The summed E-state index contributed by atoms with van der Waals surface area (Å²) >= 11 is 0. The van der Waals surface area contributed by atoms with Gasteiger partial charge in [0.05, 0.1) is 42.7 Å². The number of pyridine rings is 1. The number of nitrogens with zero attached hydrogens (tertiary/aromatic N) is 4. The molecule has 2 N–H and O–H groups in total. The minimum absolute atomic E-state index is 0.000703. The second-order valence-electron chi connectivity index (χ2n) is 16.0. The first-order chi connectivity index (χ1) is 25.6. The molecule has 1 aliphatic heterocycles. The van der Waals surface area contributed by atoms with Gasteiger partial charge in [-0.15, -0.1) is 0 Å². The van der Waals surface area contributed by atoms with Crippen LogP contribution in [0.2, 0.25) is 0 Å². The molecule has 2 heterocycles. The summed E-state index contributed by atoms with van der Waals surface area (Å²) in [5.41, 5.74) is 1.14. The number of carbonyl (C=O) groups is 4. The highest BCUT2D eigenvalue weighted by molar-refractivity contribution is 5.90. The Bertz CT molecular complexity index is 1520. The van der Waals surface area contributed by atoms with Crippen molar-refractivity contribution in [2.45, 2.75) is 117 Å². The second-order valence-corrected chi connectivity index (χ2v) is 16.0. The molecular formula is C42H68N6O6. The van der Waals surface area contributed by atoms with Gasteiger partial charge in [0.15, 0.2) is 0 Å². The number of amides is 4. The molecule has 12 heteroatoms. The molecular weight excluding hydrogens is 684 g/mol. The Morgan fingerprint density at radius 2 is 1.67 bits per heavy atom. The fourth-order valence-corrected chi connectivity index (χ4v) is 8.30. The molecule has 54 heavy (non-hydrogen) atoms. The van der Waals surface area contributed by atoms with Gasteiger partial charge in [0.25, 0.3) is 0 Å². The van der Waals surface area contributed by atoms with Gasteiger partial charge in [0, 0.05) is 52.1 Å². The zero-order valence-electron chi connectivity index (χ0n) is 34.9. The molecule has 1 aromatic carbocycles. The number of fused-ring (bicyclic) bond motifs is 1. The number of hydrogen-bond donors (Lipinski definition) is 2.